The van der Waals surface area contributed by atoms with Crippen LogP contribution in [0.1, 0.15) is 40.5 Å². The third-order valence-corrected chi connectivity index (χ3v) is 7.01. The summed E-state index contributed by atoms with van der Waals surface area (Å²) < 4.78 is 19.6. The second kappa shape index (κ2) is 8.08. The zero-order chi connectivity index (χ0) is 20.7. The molecule has 30 heavy (non-hydrogen) atoms. The van der Waals surface area contributed by atoms with Gasteiger partial charge in [-0.05, 0) is 55.5 Å². The average molecular weight is 410 g/mol. The van der Waals surface area contributed by atoms with Crippen LogP contribution in [0.3, 0.4) is 0 Å². The molecule has 5 nitrogen and oxygen atoms in total. The number of halogens is 1. The van der Waals surface area contributed by atoms with Gasteiger partial charge in [-0.25, -0.2) is 4.39 Å². The van der Waals surface area contributed by atoms with Gasteiger partial charge >= 0.3 is 0 Å². The van der Waals surface area contributed by atoms with Crippen LogP contribution < -0.4 is 0 Å². The summed E-state index contributed by atoms with van der Waals surface area (Å²) >= 11 is 0. The largest absolute Gasteiger partial charge is 0.381 e. The first-order chi connectivity index (χ1) is 14.6. The Morgan fingerprint density at radius 1 is 1.13 bits per heavy atom. The number of hydrogen-bond donors (Lipinski definition) is 0. The molecular weight excluding hydrogens is 381 g/mol. The van der Waals surface area contributed by atoms with Gasteiger partial charge in [0, 0.05) is 56.7 Å². The highest BCUT2D eigenvalue weighted by Crippen LogP contribution is 2.46. The number of pyridine rings is 1. The fourth-order valence-corrected chi connectivity index (χ4v) is 5.51. The van der Waals surface area contributed by atoms with Gasteiger partial charge in [0.25, 0.3) is 5.91 Å². The first-order valence-electron chi connectivity index (χ1n) is 10.9. The van der Waals surface area contributed by atoms with E-state index in [-0.39, 0.29) is 17.8 Å². The van der Waals surface area contributed by atoms with Crippen molar-refractivity contribution < 1.29 is 13.9 Å². The van der Waals surface area contributed by atoms with Gasteiger partial charge in [0.15, 0.2) is 0 Å². The number of fused-ring (bicyclic) bond motifs is 1. The van der Waals surface area contributed by atoms with Crippen molar-refractivity contribution in [1.29, 1.82) is 0 Å². The van der Waals surface area contributed by atoms with E-state index in [1.165, 1.54) is 6.07 Å². The number of carbonyl (C=O) groups is 1. The zero-order valence-corrected chi connectivity index (χ0v) is 17.3. The molecule has 3 aliphatic heterocycles. The summed E-state index contributed by atoms with van der Waals surface area (Å²) in [5.74, 6) is 0.462. The maximum atomic E-state index is 14.1. The quantitative estimate of drug-likeness (QED) is 0.779. The molecule has 0 bridgehead atoms. The summed E-state index contributed by atoms with van der Waals surface area (Å²) in [7, 11) is 0. The second-order valence-corrected chi connectivity index (χ2v) is 8.87. The Morgan fingerprint density at radius 2 is 1.97 bits per heavy atom. The van der Waals surface area contributed by atoms with Crippen molar-refractivity contribution in [2.24, 2.45) is 11.8 Å². The van der Waals surface area contributed by atoms with Gasteiger partial charge in [-0.1, -0.05) is 12.1 Å². The number of aromatic nitrogens is 1. The highest BCUT2D eigenvalue weighted by Gasteiger charge is 2.50. The van der Waals surface area contributed by atoms with Crippen LogP contribution in [0, 0.1) is 24.6 Å². The predicted octanol–water partition coefficient (Wildman–Crippen LogP) is 3.45. The maximum absolute atomic E-state index is 14.1. The van der Waals surface area contributed by atoms with Crippen molar-refractivity contribution in [2.75, 3.05) is 32.8 Å². The van der Waals surface area contributed by atoms with Crippen LogP contribution >= 0.6 is 0 Å². The molecule has 158 valence electrons. The lowest BCUT2D eigenvalue weighted by Crippen LogP contribution is -2.41. The molecule has 0 spiro atoms. The number of ether oxygens (including phenoxy) is 1. The highest BCUT2D eigenvalue weighted by atomic mass is 19.1. The summed E-state index contributed by atoms with van der Waals surface area (Å²) in [4.78, 5) is 22.2. The number of nitrogens with zero attached hydrogens (tertiary/aromatic N) is 3. The van der Waals surface area contributed by atoms with E-state index in [1.54, 1.807) is 18.3 Å². The molecule has 1 aromatic carbocycles. The third-order valence-electron chi connectivity index (χ3n) is 7.01. The second-order valence-electron chi connectivity index (χ2n) is 8.87. The van der Waals surface area contributed by atoms with E-state index in [0.717, 1.165) is 50.4 Å². The van der Waals surface area contributed by atoms with Crippen LogP contribution in [0.5, 0.6) is 0 Å². The summed E-state index contributed by atoms with van der Waals surface area (Å²) in [6.45, 7) is 6.22. The number of hydrogen-bond acceptors (Lipinski definition) is 4. The summed E-state index contributed by atoms with van der Waals surface area (Å²) in [5, 5.41) is 0. The van der Waals surface area contributed by atoms with Crippen LogP contribution in [-0.4, -0.2) is 59.6 Å². The van der Waals surface area contributed by atoms with E-state index in [9.17, 15) is 9.18 Å². The summed E-state index contributed by atoms with van der Waals surface area (Å²) in [6, 6.07) is 10.9. The van der Waals surface area contributed by atoms with Gasteiger partial charge in [0.1, 0.15) is 5.82 Å². The molecule has 3 saturated heterocycles. The molecule has 3 atom stereocenters. The van der Waals surface area contributed by atoms with E-state index < -0.39 is 0 Å². The van der Waals surface area contributed by atoms with Crippen LogP contribution in [0.2, 0.25) is 0 Å². The van der Waals surface area contributed by atoms with Gasteiger partial charge in [-0.2, -0.15) is 0 Å². The number of likely N-dealkylation sites (tertiary alicyclic amines) is 2. The fraction of sp³-hybridized carbons (Fsp3) is 0.500. The minimum absolute atomic E-state index is 0.0104. The van der Waals surface area contributed by atoms with Crippen LogP contribution in [-0.2, 0) is 4.74 Å². The van der Waals surface area contributed by atoms with E-state index in [0.29, 0.717) is 30.0 Å². The van der Waals surface area contributed by atoms with E-state index in [4.69, 9.17) is 4.74 Å². The topological polar surface area (TPSA) is 45.7 Å². The Morgan fingerprint density at radius 3 is 2.70 bits per heavy atom. The summed E-state index contributed by atoms with van der Waals surface area (Å²) in [5.41, 5.74) is 2.38. The minimum Gasteiger partial charge on any atom is -0.381 e. The van der Waals surface area contributed by atoms with E-state index in [2.05, 4.69) is 9.88 Å². The van der Waals surface area contributed by atoms with E-state index in [1.807, 2.05) is 30.0 Å². The molecule has 1 aromatic heterocycles. The summed E-state index contributed by atoms with van der Waals surface area (Å²) in [6.07, 6.45) is 3.80. The Balaban J connectivity index is 1.43. The lowest BCUT2D eigenvalue weighted by atomic mass is 9.89. The van der Waals surface area contributed by atoms with Crippen molar-refractivity contribution in [2.45, 2.75) is 31.8 Å². The molecule has 0 unspecified atom stereocenters. The Labute approximate surface area is 176 Å². The molecule has 0 aliphatic carbocycles. The maximum Gasteiger partial charge on any atom is 0.255 e. The Bertz CT molecular complexity index is 913. The van der Waals surface area contributed by atoms with Crippen molar-refractivity contribution in [3.63, 3.8) is 0 Å². The predicted molar refractivity (Wildman–Crippen MR) is 112 cm³/mol. The van der Waals surface area contributed by atoms with Gasteiger partial charge < -0.3 is 9.64 Å². The number of aryl methyl sites for hydroxylation is 1. The molecule has 1 amide bonds. The fourth-order valence-electron chi connectivity index (χ4n) is 5.51. The monoisotopic (exact) mass is 409 g/mol. The zero-order valence-electron chi connectivity index (χ0n) is 17.3. The Kier molecular flexibility index (Phi) is 5.29. The SMILES string of the molecule is Cc1ccc(C(=O)N2C[C@@H]3CN(C4CCOCC4)C[C@@H]3[C@H]2c2cccc(F)c2)cn1. The molecule has 0 N–H and O–H groups in total. The first-order valence-corrected chi connectivity index (χ1v) is 10.9. The lowest BCUT2D eigenvalue weighted by molar-refractivity contribution is 0.0361. The smallest absolute Gasteiger partial charge is 0.255 e. The van der Waals surface area contributed by atoms with Gasteiger partial charge in [-0.15, -0.1) is 0 Å². The first kappa shape index (κ1) is 19.6. The van der Waals surface area contributed by atoms with Gasteiger partial charge in [0.2, 0.25) is 0 Å². The third kappa shape index (κ3) is 3.63. The molecule has 0 saturated carbocycles. The lowest BCUT2D eigenvalue weighted by Gasteiger charge is -2.34. The van der Waals surface area contributed by atoms with Crippen molar-refractivity contribution in [3.05, 3.63) is 65.2 Å². The molecule has 3 fully saturated rings. The van der Waals surface area contributed by atoms with Crippen LogP contribution in [0.15, 0.2) is 42.6 Å². The van der Waals surface area contributed by atoms with Crippen LogP contribution in [0.25, 0.3) is 0 Å². The number of benzene rings is 1. The number of rotatable bonds is 3. The molecule has 0 radical (unpaired) electrons. The van der Waals surface area contributed by atoms with Crippen molar-refractivity contribution >= 4 is 5.91 Å². The minimum atomic E-state index is -0.250. The highest BCUT2D eigenvalue weighted by molar-refractivity contribution is 5.94. The standard InChI is InChI=1S/C24H28FN3O2/c1-16-5-6-18(12-26-16)24(29)28-14-19-13-27(21-7-9-30-10-8-21)15-22(19)23(28)17-3-2-4-20(25)11-17/h2-6,11-12,19,21-23H,7-10,13-15H2,1H3/t19-,22-,23+/m0/s1. The van der Waals surface area contributed by atoms with Crippen LogP contribution in [0.4, 0.5) is 4.39 Å². The van der Waals surface area contributed by atoms with Crippen molar-refractivity contribution in [1.82, 2.24) is 14.8 Å². The van der Waals surface area contributed by atoms with Gasteiger partial charge in [-0.3, -0.25) is 14.7 Å². The molecule has 5 rings (SSSR count). The molecule has 2 aromatic rings. The van der Waals surface area contributed by atoms with E-state index >= 15 is 0 Å². The number of carbonyl (C=O) groups excluding carboxylic acids is 1. The molecular formula is C24H28FN3O2. The van der Waals surface area contributed by atoms with Gasteiger partial charge in [0.05, 0.1) is 11.6 Å². The Hall–Kier alpha value is -2.31. The average Bonchev–Trinajstić information content (AvgIpc) is 3.32. The van der Waals surface area contributed by atoms with Crippen molar-refractivity contribution in [3.8, 4) is 0 Å². The molecule has 3 aliphatic rings. The number of amides is 1. The molecule has 6 heteroatoms. The normalized spacial score (nSPS) is 27.4. The molecule has 4 heterocycles.